The molecule has 1 aliphatic heterocycles. The van der Waals surface area contributed by atoms with E-state index in [9.17, 15) is 9.00 Å². The highest BCUT2D eigenvalue weighted by atomic mass is 32.2. The van der Waals surface area contributed by atoms with E-state index in [1.54, 1.807) is 18.5 Å². The zero-order valence-electron chi connectivity index (χ0n) is 18.6. The smallest absolute Gasteiger partial charge is 0.244 e. The van der Waals surface area contributed by atoms with Crippen LogP contribution in [-0.4, -0.2) is 64.2 Å². The Morgan fingerprint density at radius 2 is 1.90 bits per heavy atom. The van der Waals surface area contributed by atoms with E-state index in [2.05, 4.69) is 52.2 Å². The number of aryl methyl sites for hydroxylation is 1. The van der Waals surface area contributed by atoms with Crippen molar-refractivity contribution in [2.45, 2.75) is 62.9 Å². The van der Waals surface area contributed by atoms with Gasteiger partial charge in [-0.15, -0.1) is 10.2 Å². The van der Waals surface area contributed by atoms with Gasteiger partial charge >= 0.3 is 0 Å². The Kier molecular flexibility index (Phi) is 5.85. The third-order valence-corrected chi connectivity index (χ3v) is 9.19. The molecule has 30 heavy (non-hydrogen) atoms. The van der Waals surface area contributed by atoms with Crippen LogP contribution >= 0.6 is 0 Å². The molecule has 1 amide bonds. The van der Waals surface area contributed by atoms with Gasteiger partial charge in [-0.05, 0) is 48.1 Å². The van der Waals surface area contributed by atoms with E-state index in [-0.39, 0.29) is 16.6 Å². The molecule has 0 saturated carbocycles. The summed E-state index contributed by atoms with van der Waals surface area (Å²) in [5.41, 5.74) is 1.59. The van der Waals surface area contributed by atoms with Crippen molar-refractivity contribution in [2.24, 2.45) is 7.05 Å². The number of hydrogen-bond acceptors (Lipinski definition) is 6. The molecule has 166 valence electrons. The highest BCUT2D eigenvalue weighted by molar-refractivity contribution is 8.02. The minimum Gasteiger partial charge on any atom is -0.381 e. The van der Waals surface area contributed by atoms with Crippen molar-refractivity contribution in [2.75, 3.05) is 18.5 Å². The third kappa shape index (κ3) is 4.15. The largest absolute Gasteiger partial charge is 0.381 e. The fraction of sp³-hybridized carbons (Fsp3) is 0.650. The molecule has 2 N–H and O–H groups in total. The highest BCUT2D eigenvalue weighted by Gasteiger charge is 2.42. The minimum absolute atomic E-state index is 0.102. The number of nitrogens with one attached hydrogen (secondary N) is 2. The van der Waals surface area contributed by atoms with Gasteiger partial charge in [0.05, 0.1) is 5.69 Å². The number of aromatic amines is 1. The molecule has 2 aromatic rings. The molecule has 0 aliphatic carbocycles. The zero-order valence-corrected chi connectivity index (χ0v) is 19.4. The van der Waals surface area contributed by atoms with Crippen LogP contribution in [0.4, 0.5) is 5.95 Å². The SMILES string of the molecule is C=S(=O)(C1CCOCC1)C(C)(C)C(=O)Nc1nnc(-c2cc(C(C)(C)C)nn2C)[nH]1. The average Bonchev–Trinajstić information content (AvgIpc) is 3.28. The fourth-order valence-corrected chi connectivity index (χ4v) is 5.53. The molecule has 3 heterocycles. The van der Waals surface area contributed by atoms with Gasteiger partial charge in [0.1, 0.15) is 10.4 Å². The molecule has 0 bridgehead atoms. The second kappa shape index (κ2) is 7.81. The number of carbonyl (C=O) groups excluding carboxylic acids is 1. The second-order valence-electron chi connectivity index (χ2n) is 9.31. The van der Waals surface area contributed by atoms with E-state index in [4.69, 9.17) is 4.74 Å². The minimum atomic E-state index is -2.71. The summed E-state index contributed by atoms with van der Waals surface area (Å²) in [6.45, 7) is 10.7. The molecule has 10 heteroatoms. The molecule has 1 aliphatic rings. The molecule has 1 unspecified atom stereocenters. The summed E-state index contributed by atoms with van der Waals surface area (Å²) in [5.74, 6) is 4.26. The topological polar surface area (TPSA) is 115 Å². The van der Waals surface area contributed by atoms with Gasteiger partial charge in [-0.3, -0.25) is 19.0 Å². The van der Waals surface area contributed by atoms with E-state index in [0.717, 1.165) is 11.4 Å². The Morgan fingerprint density at radius 1 is 1.27 bits per heavy atom. The Hall–Kier alpha value is -2.20. The Balaban J connectivity index is 1.78. The Labute approximate surface area is 178 Å². The van der Waals surface area contributed by atoms with Crippen LogP contribution in [0.2, 0.25) is 0 Å². The average molecular weight is 437 g/mol. The first-order valence-electron chi connectivity index (χ1n) is 10.1. The fourth-order valence-electron chi connectivity index (χ4n) is 3.38. The van der Waals surface area contributed by atoms with E-state index in [1.807, 2.05) is 13.1 Å². The first kappa shape index (κ1) is 22.5. The van der Waals surface area contributed by atoms with Crippen LogP contribution in [0.3, 0.4) is 0 Å². The number of carbonyl (C=O) groups is 1. The summed E-state index contributed by atoms with van der Waals surface area (Å²) in [4.78, 5) is 16.0. The number of H-pyrrole nitrogens is 1. The van der Waals surface area contributed by atoms with Gasteiger partial charge in [0, 0.05) is 30.9 Å². The summed E-state index contributed by atoms with van der Waals surface area (Å²) < 4.78 is 19.4. The number of aromatic nitrogens is 5. The van der Waals surface area contributed by atoms with Crippen LogP contribution < -0.4 is 5.32 Å². The van der Waals surface area contributed by atoms with Crippen LogP contribution in [0.5, 0.6) is 0 Å². The summed E-state index contributed by atoms with van der Waals surface area (Å²) in [7, 11) is -0.881. The Morgan fingerprint density at radius 3 is 2.47 bits per heavy atom. The van der Waals surface area contributed by atoms with Gasteiger partial charge in [-0.2, -0.15) is 5.10 Å². The normalized spacial score (nSPS) is 18.2. The van der Waals surface area contributed by atoms with Gasteiger partial charge in [-0.25, -0.2) is 0 Å². The zero-order chi connectivity index (χ0) is 22.3. The maximum atomic E-state index is 13.5. The van der Waals surface area contributed by atoms with Gasteiger partial charge in [-0.1, -0.05) is 20.8 Å². The van der Waals surface area contributed by atoms with E-state index in [0.29, 0.717) is 31.9 Å². The summed E-state index contributed by atoms with van der Waals surface area (Å²) >= 11 is 0. The molecule has 2 aromatic heterocycles. The van der Waals surface area contributed by atoms with Crippen molar-refractivity contribution in [1.82, 2.24) is 25.0 Å². The Bertz CT molecular complexity index is 1020. The maximum absolute atomic E-state index is 13.5. The third-order valence-electron chi connectivity index (χ3n) is 5.73. The molecule has 1 fully saturated rings. The van der Waals surface area contributed by atoms with Crippen molar-refractivity contribution < 1.29 is 13.7 Å². The lowest BCUT2D eigenvalue weighted by Gasteiger charge is -2.35. The molecule has 1 atom stereocenters. The van der Waals surface area contributed by atoms with E-state index in [1.165, 1.54) is 0 Å². The number of amides is 1. The molecule has 1 saturated heterocycles. The van der Waals surface area contributed by atoms with Crippen molar-refractivity contribution in [3.63, 3.8) is 0 Å². The first-order chi connectivity index (χ1) is 13.8. The van der Waals surface area contributed by atoms with Crippen molar-refractivity contribution in [3.8, 4) is 11.5 Å². The van der Waals surface area contributed by atoms with Crippen molar-refractivity contribution in [3.05, 3.63) is 11.8 Å². The van der Waals surface area contributed by atoms with Gasteiger partial charge < -0.3 is 9.72 Å². The number of anilines is 1. The van der Waals surface area contributed by atoms with E-state index < -0.39 is 20.2 Å². The summed E-state index contributed by atoms with van der Waals surface area (Å²) in [6, 6.07) is 1.95. The van der Waals surface area contributed by atoms with Crippen LogP contribution in [-0.2, 0) is 31.5 Å². The van der Waals surface area contributed by atoms with Crippen LogP contribution in [0.25, 0.3) is 11.5 Å². The first-order valence-corrected chi connectivity index (χ1v) is 11.9. The number of ether oxygens (including phenoxy) is 1. The number of nitrogens with zero attached hydrogens (tertiary/aromatic N) is 4. The molecule has 0 radical (unpaired) electrons. The number of rotatable bonds is 5. The highest BCUT2D eigenvalue weighted by Crippen LogP contribution is 2.29. The molecule has 0 spiro atoms. The second-order valence-corrected chi connectivity index (χ2v) is 12.5. The lowest BCUT2D eigenvalue weighted by molar-refractivity contribution is -0.117. The standard InChI is InChI=1S/C20H32N6O3S/c1-19(2,3)15-12-14(26(6)25-15)16-21-18(24-23-16)22-17(27)20(4,5)30(7,28)13-8-10-29-11-9-13/h12-13H,7-11H2,1-6H3,(H2,21,22,23,24,27). The molecule has 3 rings (SSSR count). The van der Waals surface area contributed by atoms with Gasteiger partial charge in [0.15, 0.2) is 5.82 Å². The molecular weight excluding hydrogens is 404 g/mol. The summed E-state index contributed by atoms with van der Waals surface area (Å²) in [5, 5.41) is 15.3. The van der Waals surface area contributed by atoms with Crippen LogP contribution in [0.15, 0.2) is 6.07 Å². The quantitative estimate of drug-likeness (QED) is 0.694. The lowest BCUT2D eigenvalue weighted by atomic mass is 9.92. The van der Waals surface area contributed by atoms with Crippen LogP contribution in [0, 0.1) is 0 Å². The number of hydrogen-bond donors (Lipinski definition) is 2. The predicted molar refractivity (Wildman–Crippen MR) is 119 cm³/mol. The van der Waals surface area contributed by atoms with Crippen molar-refractivity contribution in [1.29, 1.82) is 0 Å². The monoisotopic (exact) mass is 436 g/mol. The molecular formula is C20H32N6O3S. The maximum Gasteiger partial charge on any atom is 0.244 e. The van der Waals surface area contributed by atoms with E-state index >= 15 is 0 Å². The van der Waals surface area contributed by atoms with Gasteiger partial charge in [0.2, 0.25) is 11.9 Å². The molecule has 0 aromatic carbocycles. The van der Waals surface area contributed by atoms with Crippen molar-refractivity contribution >= 4 is 27.2 Å². The molecule has 9 nitrogen and oxygen atoms in total. The van der Waals surface area contributed by atoms with Crippen LogP contribution in [0.1, 0.15) is 53.2 Å². The lowest BCUT2D eigenvalue weighted by Crippen LogP contribution is -2.50. The predicted octanol–water partition coefficient (Wildman–Crippen LogP) is 2.12. The van der Waals surface area contributed by atoms with Gasteiger partial charge in [0.25, 0.3) is 0 Å². The summed E-state index contributed by atoms with van der Waals surface area (Å²) in [6.07, 6.45) is 1.28.